The molecule has 1 heterocycles. The van der Waals surface area contributed by atoms with E-state index in [9.17, 15) is 19.6 Å². The Morgan fingerprint density at radius 1 is 0.971 bits per heavy atom. The minimum absolute atomic E-state index is 0.126. The summed E-state index contributed by atoms with van der Waals surface area (Å²) in [6, 6.07) is 5.11. The van der Waals surface area contributed by atoms with Gasteiger partial charge in [-0.05, 0) is 50.1 Å². The van der Waals surface area contributed by atoms with Gasteiger partial charge in [-0.2, -0.15) is 5.26 Å². The molecule has 0 amide bonds. The van der Waals surface area contributed by atoms with Crippen molar-refractivity contribution in [2.45, 2.75) is 27.2 Å². The van der Waals surface area contributed by atoms with Crippen LogP contribution in [0.5, 0.6) is 17.2 Å². The van der Waals surface area contributed by atoms with Gasteiger partial charge < -0.3 is 23.7 Å². The number of ketones is 1. The maximum Gasteiger partial charge on any atom is 0.348 e. The maximum absolute atomic E-state index is 13.1. The number of benzene rings is 1. The fraction of sp³-hybridized carbons (Fsp3) is 0.360. The number of hydrogen-bond acceptors (Lipinski definition) is 10. The van der Waals surface area contributed by atoms with Crippen molar-refractivity contribution in [2.24, 2.45) is 0 Å². The Morgan fingerprint density at radius 2 is 1.54 bits per heavy atom. The van der Waals surface area contributed by atoms with Crippen molar-refractivity contribution in [3.63, 3.8) is 0 Å². The van der Waals surface area contributed by atoms with E-state index >= 15 is 0 Å². The van der Waals surface area contributed by atoms with Gasteiger partial charge in [-0.25, -0.2) is 9.59 Å². The van der Waals surface area contributed by atoms with E-state index in [1.807, 2.05) is 6.07 Å². The van der Waals surface area contributed by atoms with Gasteiger partial charge in [0.25, 0.3) is 0 Å². The monoisotopic (exact) mass is 501 g/mol. The molecule has 2 aromatic rings. The topological polar surface area (TPSA) is 121 Å². The number of thiophene rings is 1. The van der Waals surface area contributed by atoms with Gasteiger partial charge in [0.15, 0.2) is 17.3 Å². The number of carbonyl (C=O) groups excluding carboxylic acids is 3. The summed E-state index contributed by atoms with van der Waals surface area (Å²) in [5.74, 6) is -0.680. The lowest BCUT2D eigenvalue weighted by atomic mass is 10.0. The Kier molecular flexibility index (Phi) is 9.85. The Labute approximate surface area is 207 Å². The van der Waals surface area contributed by atoms with Crippen LogP contribution in [0.25, 0.3) is 6.08 Å². The molecule has 0 unspecified atom stereocenters. The van der Waals surface area contributed by atoms with E-state index in [0.717, 1.165) is 11.3 Å². The van der Waals surface area contributed by atoms with Crippen LogP contribution in [0.3, 0.4) is 0 Å². The van der Waals surface area contributed by atoms with Gasteiger partial charge >= 0.3 is 11.9 Å². The van der Waals surface area contributed by atoms with E-state index in [-0.39, 0.29) is 35.6 Å². The summed E-state index contributed by atoms with van der Waals surface area (Å²) in [5, 5.41) is 9.68. The molecule has 0 aliphatic rings. The first-order valence-electron chi connectivity index (χ1n) is 10.7. The molecule has 0 saturated heterocycles. The second-order valence-electron chi connectivity index (χ2n) is 7.02. The molecule has 186 valence electrons. The maximum atomic E-state index is 13.1. The second-order valence-corrected chi connectivity index (χ2v) is 8.13. The van der Waals surface area contributed by atoms with E-state index in [4.69, 9.17) is 23.7 Å². The predicted molar refractivity (Wildman–Crippen MR) is 129 cm³/mol. The van der Waals surface area contributed by atoms with Crippen LogP contribution >= 0.6 is 11.3 Å². The third-order valence-electron chi connectivity index (χ3n) is 4.90. The summed E-state index contributed by atoms with van der Waals surface area (Å²) in [7, 11) is 4.38. The number of esters is 2. The standard InChI is InChI=1S/C25H27NO8S/c1-7-33-24(28)21-14(3)23(25(29)34-8-2)35-20(21)12-17(27)16(13-26)9-15-10-18(30-4)22(32-6)19(11-15)31-5/h9-11H,7-8,12H2,1-6H3. The third-order valence-corrected chi connectivity index (χ3v) is 6.17. The molecule has 0 saturated carbocycles. The molecule has 0 bridgehead atoms. The molecule has 0 aliphatic carbocycles. The lowest BCUT2D eigenvalue weighted by Gasteiger charge is -2.13. The molecular formula is C25H27NO8S. The number of nitrogens with zero attached hydrogens (tertiary/aromatic N) is 1. The van der Waals surface area contributed by atoms with E-state index in [0.29, 0.717) is 33.3 Å². The van der Waals surface area contributed by atoms with Crippen LogP contribution in [0.15, 0.2) is 17.7 Å². The van der Waals surface area contributed by atoms with Crippen LogP contribution in [0.4, 0.5) is 0 Å². The molecule has 0 spiro atoms. The fourth-order valence-electron chi connectivity index (χ4n) is 3.33. The predicted octanol–water partition coefficient (Wildman–Crippen LogP) is 4.15. The van der Waals surface area contributed by atoms with Crippen LogP contribution in [0.2, 0.25) is 0 Å². The highest BCUT2D eigenvalue weighted by Crippen LogP contribution is 2.39. The molecule has 1 aromatic carbocycles. The molecule has 9 nitrogen and oxygen atoms in total. The van der Waals surface area contributed by atoms with E-state index < -0.39 is 17.7 Å². The molecule has 1 aromatic heterocycles. The highest BCUT2D eigenvalue weighted by atomic mass is 32.1. The van der Waals surface area contributed by atoms with Crippen molar-refractivity contribution < 1.29 is 38.1 Å². The van der Waals surface area contributed by atoms with Crippen LogP contribution < -0.4 is 14.2 Å². The van der Waals surface area contributed by atoms with E-state index in [1.165, 1.54) is 27.4 Å². The van der Waals surface area contributed by atoms with Crippen LogP contribution in [-0.2, 0) is 20.7 Å². The Hall–Kier alpha value is -3.84. The van der Waals surface area contributed by atoms with Crippen molar-refractivity contribution in [3.8, 4) is 23.3 Å². The average molecular weight is 502 g/mol. The first-order valence-corrected chi connectivity index (χ1v) is 11.5. The van der Waals surface area contributed by atoms with Gasteiger partial charge in [0.2, 0.25) is 5.75 Å². The quantitative estimate of drug-likeness (QED) is 0.254. The minimum Gasteiger partial charge on any atom is -0.493 e. The SMILES string of the molecule is CCOC(=O)c1sc(CC(=O)C(C#N)=Cc2cc(OC)c(OC)c(OC)c2)c(C(=O)OCC)c1C. The lowest BCUT2D eigenvalue weighted by molar-refractivity contribution is -0.114. The van der Waals surface area contributed by atoms with Gasteiger partial charge in [0.1, 0.15) is 10.9 Å². The largest absolute Gasteiger partial charge is 0.493 e. The van der Waals surface area contributed by atoms with Crippen molar-refractivity contribution in [2.75, 3.05) is 34.5 Å². The average Bonchev–Trinajstić information content (AvgIpc) is 3.17. The summed E-state index contributed by atoms with van der Waals surface area (Å²) in [6.07, 6.45) is 1.12. The van der Waals surface area contributed by atoms with Crippen LogP contribution in [0.1, 0.15) is 49.9 Å². The summed E-state index contributed by atoms with van der Waals surface area (Å²) < 4.78 is 26.1. The van der Waals surface area contributed by atoms with Gasteiger partial charge in [0, 0.05) is 11.3 Å². The van der Waals surface area contributed by atoms with E-state index in [1.54, 1.807) is 32.9 Å². The van der Waals surface area contributed by atoms with Gasteiger partial charge in [-0.1, -0.05) is 0 Å². The zero-order valence-corrected chi connectivity index (χ0v) is 21.3. The number of rotatable bonds is 11. The summed E-state index contributed by atoms with van der Waals surface area (Å²) in [4.78, 5) is 38.6. The van der Waals surface area contributed by atoms with Crippen molar-refractivity contribution >= 4 is 35.1 Å². The summed E-state index contributed by atoms with van der Waals surface area (Å²) >= 11 is 0.979. The number of hydrogen-bond donors (Lipinski definition) is 0. The molecule has 0 fully saturated rings. The third kappa shape index (κ3) is 6.19. The first kappa shape index (κ1) is 27.4. The molecule has 10 heteroatoms. The normalized spacial score (nSPS) is 10.8. The zero-order valence-electron chi connectivity index (χ0n) is 20.5. The zero-order chi connectivity index (χ0) is 26.1. The molecule has 35 heavy (non-hydrogen) atoms. The summed E-state index contributed by atoms with van der Waals surface area (Å²) in [5.41, 5.74) is 0.836. The smallest absolute Gasteiger partial charge is 0.348 e. The first-order chi connectivity index (χ1) is 16.8. The molecular weight excluding hydrogens is 474 g/mol. The molecule has 0 N–H and O–H groups in total. The Balaban J connectivity index is 2.50. The molecule has 0 atom stereocenters. The van der Waals surface area contributed by atoms with Crippen molar-refractivity contribution in [1.82, 2.24) is 0 Å². The van der Waals surface area contributed by atoms with Gasteiger partial charge in [0.05, 0.1) is 45.7 Å². The molecule has 2 rings (SSSR count). The highest BCUT2D eigenvalue weighted by Gasteiger charge is 2.28. The number of allylic oxidation sites excluding steroid dienone is 1. The molecule has 0 radical (unpaired) electrons. The highest BCUT2D eigenvalue weighted by molar-refractivity contribution is 7.14. The molecule has 0 aliphatic heterocycles. The van der Waals surface area contributed by atoms with E-state index in [2.05, 4.69) is 0 Å². The number of carbonyl (C=O) groups is 3. The number of methoxy groups -OCH3 is 3. The van der Waals surface area contributed by atoms with Crippen molar-refractivity contribution in [1.29, 1.82) is 5.26 Å². The van der Waals surface area contributed by atoms with Crippen LogP contribution in [-0.4, -0.2) is 52.3 Å². The summed E-state index contributed by atoms with van der Waals surface area (Å²) in [6.45, 7) is 5.21. The van der Waals surface area contributed by atoms with Crippen molar-refractivity contribution in [3.05, 3.63) is 44.2 Å². The number of ether oxygens (including phenoxy) is 5. The lowest BCUT2D eigenvalue weighted by Crippen LogP contribution is -2.12. The number of nitriles is 1. The van der Waals surface area contributed by atoms with Crippen LogP contribution in [0, 0.1) is 18.3 Å². The fourth-order valence-corrected chi connectivity index (χ4v) is 4.51. The minimum atomic E-state index is -0.647. The Morgan fingerprint density at radius 3 is 2.03 bits per heavy atom. The van der Waals surface area contributed by atoms with Gasteiger partial charge in [-0.15, -0.1) is 11.3 Å². The number of Topliss-reactive ketones (excluding diaryl/α,β-unsaturated/α-hetero) is 1. The second kappa shape index (κ2) is 12.6. The van der Waals surface area contributed by atoms with Gasteiger partial charge in [-0.3, -0.25) is 4.79 Å². The Bertz CT molecular complexity index is 1160.